The summed E-state index contributed by atoms with van der Waals surface area (Å²) in [5.74, 6) is 0.694. The number of thiazole rings is 1. The van der Waals surface area contributed by atoms with Crippen molar-refractivity contribution in [2.24, 2.45) is 0 Å². The topological polar surface area (TPSA) is 39.2 Å². The van der Waals surface area contributed by atoms with Crippen molar-refractivity contribution in [1.29, 1.82) is 0 Å². The van der Waals surface area contributed by atoms with Crippen molar-refractivity contribution >= 4 is 29.2 Å². The predicted molar refractivity (Wildman–Crippen MR) is 88.7 cm³/mol. The minimum atomic E-state index is 0.411. The van der Waals surface area contributed by atoms with Crippen molar-refractivity contribution in [2.45, 2.75) is 6.61 Å². The number of ether oxygens (including phenoxy) is 1. The van der Waals surface area contributed by atoms with Crippen molar-refractivity contribution < 1.29 is 9.53 Å². The fraction of sp³-hybridized carbons (Fsp3) is 0.0588. The number of benzene rings is 2. The zero-order chi connectivity index (χ0) is 15.4. The van der Waals surface area contributed by atoms with Crippen LogP contribution in [-0.2, 0) is 6.61 Å². The minimum Gasteiger partial charge on any atom is -0.488 e. The quantitative estimate of drug-likeness (QED) is 0.628. The van der Waals surface area contributed by atoms with Gasteiger partial charge in [0.15, 0.2) is 6.29 Å². The third-order valence-corrected chi connectivity index (χ3v) is 4.18. The van der Waals surface area contributed by atoms with E-state index in [0.29, 0.717) is 28.1 Å². The van der Waals surface area contributed by atoms with Crippen LogP contribution in [0.15, 0.2) is 53.9 Å². The fourth-order valence-electron chi connectivity index (χ4n) is 1.99. The van der Waals surface area contributed by atoms with E-state index in [2.05, 4.69) is 4.98 Å². The number of hydrogen-bond acceptors (Lipinski definition) is 4. The molecule has 2 aromatic carbocycles. The monoisotopic (exact) mass is 329 g/mol. The van der Waals surface area contributed by atoms with Crippen molar-refractivity contribution in [2.75, 3.05) is 0 Å². The van der Waals surface area contributed by atoms with Gasteiger partial charge in [0.1, 0.15) is 23.1 Å². The van der Waals surface area contributed by atoms with E-state index in [4.69, 9.17) is 16.3 Å². The highest BCUT2D eigenvalue weighted by Crippen LogP contribution is 2.34. The van der Waals surface area contributed by atoms with Gasteiger partial charge in [0.2, 0.25) is 0 Å². The average molecular weight is 330 g/mol. The summed E-state index contributed by atoms with van der Waals surface area (Å²) >= 11 is 7.47. The first-order valence-corrected chi connectivity index (χ1v) is 7.89. The Labute approximate surface area is 137 Å². The lowest BCUT2D eigenvalue weighted by molar-refractivity contribution is 0.111. The third-order valence-electron chi connectivity index (χ3n) is 3.05. The Balaban J connectivity index is 1.89. The highest BCUT2D eigenvalue weighted by Gasteiger charge is 2.12. The van der Waals surface area contributed by atoms with Gasteiger partial charge in [0.25, 0.3) is 0 Å². The molecule has 1 aromatic heterocycles. The van der Waals surface area contributed by atoms with E-state index >= 15 is 0 Å². The van der Waals surface area contributed by atoms with Crippen LogP contribution >= 0.6 is 22.9 Å². The van der Waals surface area contributed by atoms with E-state index in [-0.39, 0.29) is 0 Å². The minimum absolute atomic E-state index is 0.411. The van der Waals surface area contributed by atoms with Crippen LogP contribution in [-0.4, -0.2) is 11.3 Å². The van der Waals surface area contributed by atoms with Crippen molar-refractivity contribution in [3.8, 4) is 16.3 Å². The Morgan fingerprint density at radius 2 is 2.00 bits per heavy atom. The fourth-order valence-corrected chi connectivity index (χ4v) is 2.95. The van der Waals surface area contributed by atoms with Crippen LogP contribution in [0.2, 0.25) is 5.02 Å². The van der Waals surface area contributed by atoms with Crippen molar-refractivity contribution in [1.82, 2.24) is 4.98 Å². The molecule has 0 bridgehead atoms. The average Bonchev–Trinajstić information content (AvgIpc) is 3.03. The molecular weight excluding hydrogens is 318 g/mol. The maximum atomic E-state index is 10.8. The molecule has 0 saturated carbocycles. The lowest BCUT2D eigenvalue weighted by Crippen LogP contribution is -1.97. The number of aldehydes is 1. The number of carbonyl (C=O) groups is 1. The van der Waals surface area contributed by atoms with E-state index in [9.17, 15) is 4.79 Å². The molecule has 0 amide bonds. The molecule has 110 valence electrons. The van der Waals surface area contributed by atoms with Gasteiger partial charge in [-0.1, -0.05) is 41.9 Å². The standard InChI is InChI=1S/C17H12ClNO2S/c18-13-6-7-16(21-10-12-4-2-1-3-5-12)15(8-13)17-19-14(9-20)11-22-17/h1-9,11H,10H2. The van der Waals surface area contributed by atoms with Crippen LogP contribution in [0.3, 0.4) is 0 Å². The zero-order valence-corrected chi connectivity index (χ0v) is 13.1. The van der Waals surface area contributed by atoms with Gasteiger partial charge in [-0.05, 0) is 23.8 Å². The molecule has 0 aliphatic heterocycles. The van der Waals surface area contributed by atoms with Crippen LogP contribution in [0.5, 0.6) is 5.75 Å². The van der Waals surface area contributed by atoms with E-state index in [0.717, 1.165) is 17.4 Å². The predicted octanol–water partition coefficient (Wildman–Crippen LogP) is 4.86. The Hall–Kier alpha value is -2.17. The van der Waals surface area contributed by atoms with Crippen LogP contribution in [0, 0.1) is 0 Å². The SMILES string of the molecule is O=Cc1csc(-c2cc(Cl)ccc2OCc2ccccc2)n1. The first kappa shape index (κ1) is 14.8. The molecule has 1 heterocycles. The second kappa shape index (κ2) is 6.73. The molecule has 0 aliphatic carbocycles. The molecule has 0 radical (unpaired) electrons. The highest BCUT2D eigenvalue weighted by atomic mass is 35.5. The molecule has 0 aliphatic rings. The maximum absolute atomic E-state index is 10.8. The van der Waals surface area contributed by atoms with E-state index in [1.807, 2.05) is 36.4 Å². The first-order chi connectivity index (χ1) is 10.8. The molecule has 0 unspecified atom stereocenters. The first-order valence-electron chi connectivity index (χ1n) is 6.63. The van der Waals surface area contributed by atoms with Gasteiger partial charge in [-0.15, -0.1) is 11.3 Å². The molecule has 0 N–H and O–H groups in total. The van der Waals surface area contributed by atoms with Gasteiger partial charge >= 0.3 is 0 Å². The summed E-state index contributed by atoms with van der Waals surface area (Å²) in [4.78, 5) is 15.1. The number of nitrogens with zero attached hydrogens (tertiary/aromatic N) is 1. The number of hydrogen-bond donors (Lipinski definition) is 0. The zero-order valence-electron chi connectivity index (χ0n) is 11.5. The maximum Gasteiger partial charge on any atom is 0.169 e. The van der Waals surface area contributed by atoms with Gasteiger partial charge in [0, 0.05) is 10.4 Å². The van der Waals surface area contributed by atoms with Gasteiger partial charge in [-0.3, -0.25) is 4.79 Å². The summed E-state index contributed by atoms with van der Waals surface area (Å²) < 4.78 is 5.90. The third kappa shape index (κ3) is 3.35. The van der Waals surface area contributed by atoms with Crippen LogP contribution in [0.4, 0.5) is 0 Å². The molecule has 0 atom stereocenters. The molecule has 3 nitrogen and oxygen atoms in total. The van der Waals surface area contributed by atoms with Crippen molar-refractivity contribution in [3.63, 3.8) is 0 Å². The number of aromatic nitrogens is 1. The Morgan fingerprint density at radius 1 is 1.18 bits per heavy atom. The van der Waals surface area contributed by atoms with E-state index in [1.165, 1.54) is 11.3 Å². The summed E-state index contributed by atoms with van der Waals surface area (Å²) in [7, 11) is 0. The van der Waals surface area contributed by atoms with Crippen LogP contribution < -0.4 is 4.74 Å². The van der Waals surface area contributed by atoms with E-state index in [1.54, 1.807) is 17.5 Å². The molecule has 22 heavy (non-hydrogen) atoms. The number of rotatable bonds is 5. The summed E-state index contributed by atoms with van der Waals surface area (Å²) in [5.41, 5.74) is 2.28. The summed E-state index contributed by atoms with van der Waals surface area (Å²) in [6.45, 7) is 0.460. The summed E-state index contributed by atoms with van der Waals surface area (Å²) in [6.07, 6.45) is 0.731. The summed E-state index contributed by atoms with van der Waals surface area (Å²) in [5, 5.41) is 3.03. The molecule has 3 aromatic rings. The second-order valence-electron chi connectivity index (χ2n) is 4.61. The number of halogens is 1. The molecule has 0 fully saturated rings. The molecule has 3 rings (SSSR count). The number of carbonyl (C=O) groups excluding carboxylic acids is 1. The summed E-state index contributed by atoms with van der Waals surface area (Å²) in [6, 6.07) is 15.3. The van der Waals surface area contributed by atoms with Crippen molar-refractivity contribution in [3.05, 3.63) is 70.2 Å². The van der Waals surface area contributed by atoms with Gasteiger partial charge in [0.05, 0.1) is 5.56 Å². The lowest BCUT2D eigenvalue weighted by Gasteiger charge is -2.10. The van der Waals surface area contributed by atoms with E-state index < -0.39 is 0 Å². The molecular formula is C17H12ClNO2S. The van der Waals surface area contributed by atoms with Gasteiger partial charge in [-0.25, -0.2) is 4.98 Å². The Kier molecular flexibility index (Phi) is 4.51. The lowest BCUT2D eigenvalue weighted by atomic mass is 10.2. The largest absolute Gasteiger partial charge is 0.488 e. The molecule has 0 saturated heterocycles. The molecule has 0 spiro atoms. The smallest absolute Gasteiger partial charge is 0.169 e. The van der Waals surface area contributed by atoms with Gasteiger partial charge < -0.3 is 4.74 Å². The Bertz CT molecular complexity index is 786. The highest BCUT2D eigenvalue weighted by molar-refractivity contribution is 7.13. The Morgan fingerprint density at radius 3 is 2.73 bits per heavy atom. The van der Waals surface area contributed by atoms with Crippen LogP contribution in [0.25, 0.3) is 10.6 Å². The van der Waals surface area contributed by atoms with Crippen LogP contribution in [0.1, 0.15) is 16.1 Å². The normalized spacial score (nSPS) is 10.4. The van der Waals surface area contributed by atoms with Gasteiger partial charge in [-0.2, -0.15) is 0 Å². The second-order valence-corrected chi connectivity index (χ2v) is 5.90. The molecule has 5 heteroatoms.